The number of aromatic nitrogens is 2. The first-order chi connectivity index (χ1) is 12.1. The summed E-state index contributed by atoms with van der Waals surface area (Å²) < 4.78 is 10.6. The van der Waals surface area contributed by atoms with Crippen LogP contribution < -0.4 is 10.1 Å². The molecular weight excluding hydrogens is 318 g/mol. The molecule has 0 radical (unpaired) electrons. The second-order valence-corrected chi connectivity index (χ2v) is 5.88. The molecule has 0 saturated carbocycles. The van der Waals surface area contributed by atoms with Gasteiger partial charge in [-0.1, -0.05) is 32.0 Å². The Balaban J connectivity index is 1.74. The van der Waals surface area contributed by atoms with E-state index in [0.717, 1.165) is 0 Å². The fraction of sp³-hybridized carbons (Fsp3) is 0.211. The molecule has 0 aliphatic rings. The summed E-state index contributed by atoms with van der Waals surface area (Å²) in [5, 5.41) is 10.5. The fourth-order valence-corrected chi connectivity index (χ4v) is 2.32. The van der Waals surface area contributed by atoms with Gasteiger partial charge >= 0.3 is 11.8 Å². The molecule has 1 amide bonds. The topological polar surface area (TPSA) is 77.2 Å². The Morgan fingerprint density at radius 3 is 2.56 bits per heavy atom. The van der Waals surface area contributed by atoms with Crippen molar-refractivity contribution in [3.63, 3.8) is 0 Å². The average Bonchev–Trinajstić information content (AvgIpc) is 3.12. The van der Waals surface area contributed by atoms with Crippen LogP contribution in [0.3, 0.4) is 0 Å². The molecule has 3 rings (SSSR count). The molecule has 0 aliphatic heterocycles. The summed E-state index contributed by atoms with van der Waals surface area (Å²) in [6, 6.07) is 14.9. The SMILES string of the molecule is COc1cccc(-c2nnc(C(=O)Nc3ccc(C(C)C)cc3)o2)c1. The van der Waals surface area contributed by atoms with Crippen molar-refractivity contribution in [2.24, 2.45) is 0 Å². The summed E-state index contributed by atoms with van der Waals surface area (Å²) >= 11 is 0. The molecule has 0 fully saturated rings. The normalized spacial score (nSPS) is 10.7. The predicted octanol–water partition coefficient (Wildman–Crippen LogP) is 4.12. The average molecular weight is 337 g/mol. The molecule has 1 heterocycles. The molecule has 6 heteroatoms. The molecular formula is C19H19N3O3. The maximum Gasteiger partial charge on any atom is 0.313 e. The highest BCUT2D eigenvalue weighted by Gasteiger charge is 2.16. The molecule has 25 heavy (non-hydrogen) atoms. The molecule has 0 unspecified atom stereocenters. The monoisotopic (exact) mass is 337 g/mol. The number of rotatable bonds is 5. The van der Waals surface area contributed by atoms with Crippen molar-refractivity contribution in [1.82, 2.24) is 10.2 Å². The smallest absolute Gasteiger partial charge is 0.313 e. The number of carbonyl (C=O) groups excluding carboxylic acids is 1. The quantitative estimate of drug-likeness (QED) is 0.758. The van der Waals surface area contributed by atoms with Crippen LogP contribution in [0.4, 0.5) is 5.69 Å². The van der Waals surface area contributed by atoms with Gasteiger partial charge in [-0.3, -0.25) is 4.79 Å². The van der Waals surface area contributed by atoms with Gasteiger partial charge in [0.1, 0.15) is 5.75 Å². The van der Waals surface area contributed by atoms with E-state index < -0.39 is 5.91 Å². The number of nitrogens with zero attached hydrogens (tertiary/aromatic N) is 2. The number of amides is 1. The zero-order valence-electron chi connectivity index (χ0n) is 14.3. The lowest BCUT2D eigenvalue weighted by Gasteiger charge is -2.07. The molecule has 128 valence electrons. The van der Waals surface area contributed by atoms with Gasteiger partial charge in [-0.15, -0.1) is 10.2 Å². The van der Waals surface area contributed by atoms with Crippen molar-refractivity contribution in [3.8, 4) is 17.2 Å². The Labute approximate surface area is 145 Å². The lowest BCUT2D eigenvalue weighted by Crippen LogP contribution is -2.12. The van der Waals surface area contributed by atoms with Crippen LogP contribution in [0.15, 0.2) is 52.9 Å². The van der Waals surface area contributed by atoms with Crippen LogP contribution >= 0.6 is 0 Å². The van der Waals surface area contributed by atoms with E-state index in [4.69, 9.17) is 9.15 Å². The summed E-state index contributed by atoms with van der Waals surface area (Å²) in [7, 11) is 1.58. The minimum atomic E-state index is -0.445. The van der Waals surface area contributed by atoms with Crippen LogP contribution in [0.5, 0.6) is 5.75 Å². The van der Waals surface area contributed by atoms with Gasteiger partial charge < -0.3 is 14.5 Å². The van der Waals surface area contributed by atoms with Crippen LogP contribution in [-0.4, -0.2) is 23.2 Å². The molecule has 3 aromatic rings. The van der Waals surface area contributed by atoms with Gasteiger partial charge in [0.05, 0.1) is 7.11 Å². The molecule has 1 N–H and O–H groups in total. The largest absolute Gasteiger partial charge is 0.497 e. The zero-order chi connectivity index (χ0) is 17.8. The third kappa shape index (κ3) is 3.85. The minimum Gasteiger partial charge on any atom is -0.497 e. The Bertz CT molecular complexity index is 870. The second kappa shape index (κ2) is 7.17. The summed E-state index contributed by atoms with van der Waals surface area (Å²) in [6.45, 7) is 4.23. The van der Waals surface area contributed by atoms with Crippen LogP contribution in [-0.2, 0) is 0 Å². The van der Waals surface area contributed by atoms with Gasteiger partial charge in [-0.25, -0.2) is 0 Å². The standard InChI is InChI=1S/C19H19N3O3/c1-12(2)13-7-9-15(10-8-13)20-17(23)19-22-21-18(25-19)14-5-4-6-16(11-14)24-3/h4-12H,1-3H3,(H,20,23). The van der Waals surface area contributed by atoms with Gasteiger partial charge in [0, 0.05) is 11.3 Å². The van der Waals surface area contributed by atoms with E-state index >= 15 is 0 Å². The Hall–Kier alpha value is -3.15. The molecule has 0 bridgehead atoms. The number of hydrogen-bond donors (Lipinski definition) is 1. The first kappa shape index (κ1) is 16.7. The third-order valence-corrected chi connectivity index (χ3v) is 3.77. The van der Waals surface area contributed by atoms with Gasteiger partial charge in [0.2, 0.25) is 5.89 Å². The highest BCUT2D eigenvalue weighted by atomic mass is 16.5. The third-order valence-electron chi connectivity index (χ3n) is 3.77. The summed E-state index contributed by atoms with van der Waals surface area (Å²) in [6.07, 6.45) is 0. The minimum absolute atomic E-state index is 0.0919. The lowest BCUT2D eigenvalue weighted by molar-refractivity contribution is 0.0991. The van der Waals surface area contributed by atoms with E-state index in [0.29, 0.717) is 22.9 Å². The van der Waals surface area contributed by atoms with Gasteiger partial charge in [-0.2, -0.15) is 0 Å². The molecule has 0 spiro atoms. The number of carbonyl (C=O) groups is 1. The van der Waals surface area contributed by atoms with Crippen molar-refractivity contribution >= 4 is 11.6 Å². The number of hydrogen-bond acceptors (Lipinski definition) is 5. The number of anilines is 1. The van der Waals surface area contributed by atoms with Crippen molar-refractivity contribution in [1.29, 1.82) is 0 Å². The van der Waals surface area contributed by atoms with E-state index in [2.05, 4.69) is 29.4 Å². The van der Waals surface area contributed by atoms with Crippen molar-refractivity contribution in [2.75, 3.05) is 12.4 Å². The molecule has 0 aliphatic carbocycles. The Morgan fingerprint density at radius 1 is 1.12 bits per heavy atom. The zero-order valence-corrected chi connectivity index (χ0v) is 14.3. The van der Waals surface area contributed by atoms with Gasteiger partial charge in [-0.05, 0) is 41.8 Å². The molecule has 1 aromatic heterocycles. The maximum atomic E-state index is 12.3. The van der Waals surface area contributed by atoms with E-state index in [1.54, 1.807) is 13.2 Å². The van der Waals surface area contributed by atoms with Crippen LogP contribution in [0.2, 0.25) is 0 Å². The highest BCUT2D eigenvalue weighted by Crippen LogP contribution is 2.23. The first-order valence-corrected chi connectivity index (χ1v) is 7.96. The molecule has 0 saturated heterocycles. The van der Waals surface area contributed by atoms with Crippen LogP contribution in [0.1, 0.15) is 36.0 Å². The van der Waals surface area contributed by atoms with Gasteiger partial charge in [0.25, 0.3) is 0 Å². The van der Waals surface area contributed by atoms with E-state index in [1.165, 1.54) is 5.56 Å². The van der Waals surface area contributed by atoms with Crippen molar-refractivity contribution in [2.45, 2.75) is 19.8 Å². The molecule has 6 nitrogen and oxygen atoms in total. The van der Waals surface area contributed by atoms with Crippen LogP contribution in [0, 0.1) is 0 Å². The van der Waals surface area contributed by atoms with Crippen LogP contribution in [0.25, 0.3) is 11.5 Å². The summed E-state index contributed by atoms with van der Waals surface area (Å²) in [5.41, 5.74) is 2.57. The fourth-order valence-electron chi connectivity index (χ4n) is 2.32. The van der Waals surface area contributed by atoms with E-state index in [9.17, 15) is 4.79 Å². The van der Waals surface area contributed by atoms with Gasteiger partial charge in [0.15, 0.2) is 0 Å². The predicted molar refractivity (Wildman–Crippen MR) is 94.8 cm³/mol. The second-order valence-electron chi connectivity index (χ2n) is 5.88. The first-order valence-electron chi connectivity index (χ1n) is 7.96. The highest BCUT2D eigenvalue weighted by molar-refractivity contribution is 6.00. The summed E-state index contributed by atoms with van der Waals surface area (Å²) in [4.78, 5) is 12.3. The number of nitrogens with one attached hydrogen (secondary N) is 1. The van der Waals surface area contributed by atoms with E-state index in [1.807, 2.05) is 42.5 Å². The van der Waals surface area contributed by atoms with Crippen molar-refractivity contribution in [3.05, 3.63) is 60.0 Å². The molecule has 2 aromatic carbocycles. The Kier molecular flexibility index (Phi) is 4.79. The number of benzene rings is 2. The number of ether oxygens (including phenoxy) is 1. The number of methoxy groups -OCH3 is 1. The lowest BCUT2D eigenvalue weighted by atomic mass is 10.0. The Morgan fingerprint density at radius 2 is 1.88 bits per heavy atom. The van der Waals surface area contributed by atoms with E-state index in [-0.39, 0.29) is 11.8 Å². The maximum absolute atomic E-state index is 12.3. The van der Waals surface area contributed by atoms with Crippen molar-refractivity contribution < 1.29 is 13.9 Å². The summed E-state index contributed by atoms with van der Waals surface area (Å²) in [5.74, 6) is 0.835. The molecule has 0 atom stereocenters.